The standard InChI is InChI=1S/C8H17N.C6H5F.2C2H6/c1-3-8-5-4-6-9(2)7-8;7-6-4-2-1-3-5-6;2*1-2/h8H,3-7H2,1-2H3;1-5H;2*1-2H3. The molecule has 1 aliphatic rings. The van der Waals surface area contributed by atoms with Crippen molar-refractivity contribution in [1.29, 1.82) is 0 Å². The van der Waals surface area contributed by atoms with Gasteiger partial charge in [0.1, 0.15) is 5.82 Å². The van der Waals surface area contributed by atoms with Gasteiger partial charge in [-0.15, -0.1) is 0 Å². The van der Waals surface area contributed by atoms with E-state index >= 15 is 0 Å². The number of hydrogen-bond acceptors (Lipinski definition) is 1. The molecule has 0 bridgehead atoms. The van der Waals surface area contributed by atoms with Crippen molar-refractivity contribution in [3.63, 3.8) is 0 Å². The van der Waals surface area contributed by atoms with Gasteiger partial charge in [-0.1, -0.05) is 59.2 Å². The number of rotatable bonds is 1. The molecule has 0 aliphatic carbocycles. The minimum absolute atomic E-state index is 0.178. The Labute approximate surface area is 126 Å². The fraction of sp³-hybridized carbons (Fsp3) is 0.667. The van der Waals surface area contributed by atoms with Crippen molar-refractivity contribution in [1.82, 2.24) is 4.90 Å². The van der Waals surface area contributed by atoms with Crippen molar-refractivity contribution in [3.8, 4) is 0 Å². The van der Waals surface area contributed by atoms with Crippen LogP contribution in [0.2, 0.25) is 0 Å². The second kappa shape index (κ2) is 16.2. The molecule has 0 radical (unpaired) electrons. The van der Waals surface area contributed by atoms with E-state index in [4.69, 9.17) is 0 Å². The first kappa shape index (κ1) is 21.4. The Hall–Kier alpha value is -0.890. The molecule has 0 N–H and O–H groups in total. The molecule has 0 aromatic heterocycles. The third-order valence-corrected chi connectivity index (χ3v) is 3.03. The summed E-state index contributed by atoms with van der Waals surface area (Å²) >= 11 is 0. The van der Waals surface area contributed by atoms with Crippen LogP contribution in [0.25, 0.3) is 0 Å². The van der Waals surface area contributed by atoms with Gasteiger partial charge in [-0.3, -0.25) is 0 Å². The Morgan fingerprint density at radius 3 is 1.95 bits per heavy atom. The molecule has 2 rings (SSSR count). The lowest BCUT2D eigenvalue weighted by Crippen LogP contribution is -2.31. The Kier molecular flexibility index (Phi) is 17.3. The normalized spacial score (nSPS) is 17.4. The minimum Gasteiger partial charge on any atom is -0.306 e. The molecule has 1 nitrogen and oxygen atoms in total. The molecule has 1 aromatic rings. The van der Waals surface area contributed by atoms with Gasteiger partial charge in [0.15, 0.2) is 0 Å². The molecule has 1 unspecified atom stereocenters. The van der Waals surface area contributed by atoms with E-state index in [0.29, 0.717) is 0 Å². The third kappa shape index (κ3) is 12.2. The van der Waals surface area contributed by atoms with Gasteiger partial charge in [-0.2, -0.15) is 0 Å². The molecule has 0 saturated carbocycles. The van der Waals surface area contributed by atoms with Crippen LogP contribution in [-0.4, -0.2) is 25.0 Å². The fourth-order valence-corrected chi connectivity index (χ4v) is 2.02. The van der Waals surface area contributed by atoms with Gasteiger partial charge in [-0.05, 0) is 44.5 Å². The average molecular weight is 283 g/mol. The first-order chi connectivity index (χ1) is 9.72. The molecular weight excluding hydrogens is 249 g/mol. The monoisotopic (exact) mass is 283 g/mol. The number of nitrogens with zero attached hydrogens (tertiary/aromatic N) is 1. The highest BCUT2D eigenvalue weighted by Crippen LogP contribution is 2.17. The van der Waals surface area contributed by atoms with Gasteiger partial charge in [0.25, 0.3) is 0 Å². The summed E-state index contributed by atoms with van der Waals surface area (Å²) in [7, 11) is 2.22. The zero-order valence-corrected chi connectivity index (χ0v) is 14.3. The van der Waals surface area contributed by atoms with E-state index in [1.165, 1.54) is 44.5 Å². The quantitative estimate of drug-likeness (QED) is 0.647. The number of likely N-dealkylation sites (tertiary alicyclic amines) is 1. The second-order valence-electron chi connectivity index (χ2n) is 4.47. The van der Waals surface area contributed by atoms with Crippen LogP contribution in [-0.2, 0) is 0 Å². The molecule has 1 fully saturated rings. The minimum atomic E-state index is -0.178. The van der Waals surface area contributed by atoms with E-state index in [9.17, 15) is 4.39 Å². The summed E-state index contributed by atoms with van der Waals surface area (Å²) in [5, 5.41) is 0. The van der Waals surface area contributed by atoms with E-state index in [0.717, 1.165) is 5.92 Å². The highest BCUT2D eigenvalue weighted by Gasteiger charge is 2.14. The van der Waals surface area contributed by atoms with Crippen LogP contribution >= 0.6 is 0 Å². The predicted octanol–water partition coefficient (Wildman–Crippen LogP) is 5.62. The molecule has 2 heteroatoms. The van der Waals surface area contributed by atoms with E-state index in [-0.39, 0.29) is 5.82 Å². The SMILES string of the molecule is CC.CC.CCC1CCCN(C)C1.Fc1ccccc1. The summed E-state index contributed by atoms with van der Waals surface area (Å²) in [6.07, 6.45) is 4.24. The molecule has 1 aromatic carbocycles. The Morgan fingerprint density at radius 2 is 1.65 bits per heavy atom. The largest absolute Gasteiger partial charge is 0.306 e. The van der Waals surface area contributed by atoms with Crippen LogP contribution in [0.15, 0.2) is 30.3 Å². The zero-order chi connectivity index (χ0) is 15.8. The fourth-order valence-electron chi connectivity index (χ4n) is 2.02. The number of halogens is 1. The molecule has 1 saturated heterocycles. The topological polar surface area (TPSA) is 3.24 Å². The van der Waals surface area contributed by atoms with E-state index in [1.54, 1.807) is 18.2 Å². The number of piperidine rings is 1. The maximum atomic E-state index is 11.9. The van der Waals surface area contributed by atoms with Crippen LogP contribution in [0.4, 0.5) is 4.39 Å². The lowest BCUT2D eigenvalue weighted by atomic mass is 9.96. The Morgan fingerprint density at radius 1 is 1.10 bits per heavy atom. The molecule has 0 amide bonds. The van der Waals surface area contributed by atoms with E-state index in [1.807, 2.05) is 27.7 Å². The Balaban J connectivity index is 0. The van der Waals surface area contributed by atoms with Crippen LogP contribution < -0.4 is 0 Å². The summed E-state index contributed by atoms with van der Waals surface area (Å²) in [6, 6.07) is 7.94. The van der Waals surface area contributed by atoms with Gasteiger partial charge in [-0.25, -0.2) is 4.39 Å². The van der Waals surface area contributed by atoms with Crippen molar-refractivity contribution in [2.24, 2.45) is 5.92 Å². The summed E-state index contributed by atoms with van der Waals surface area (Å²) in [4.78, 5) is 2.44. The highest BCUT2D eigenvalue weighted by atomic mass is 19.1. The van der Waals surface area contributed by atoms with E-state index < -0.39 is 0 Å². The van der Waals surface area contributed by atoms with Crippen LogP contribution in [0.5, 0.6) is 0 Å². The summed E-state index contributed by atoms with van der Waals surface area (Å²) in [6.45, 7) is 12.9. The molecule has 0 spiro atoms. The third-order valence-electron chi connectivity index (χ3n) is 3.03. The summed E-state index contributed by atoms with van der Waals surface area (Å²) in [5.74, 6) is 0.811. The average Bonchev–Trinajstić information content (AvgIpc) is 2.52. The molecular formula is C18H34FN. The van der Waals surface area contributed by atoms with Crippen LogP contribution in [0.3, 0.4) is 0 Å². The first-order valence-corrected chi connectivity index (χ1v) is 8.11. The van der Waals surface area contributed by atoms with Gasteiger partial charge >= 0.3 is 0 Å². The highest BCUT2D eigenvalue weighted by molar-refractivity contribution is 5.02. The van der Waals surface area contributed by atoms with Crippen molar-refractivity contribution < 1.29 is 4.39 Å². The van der Waals surface area contributed by atoms with Crippen molar-refractivity contribution in [2.75, 3.05) is 20.1 Å². The summed E-state index contributed by atoms with van der Waals surface area (Å²) in [5.41, 5.74) is 0. The molecule has 20 heavy (non-hydrogen) atoms. The zero-order valence-electron chi connectivity index (χ0n) is 14.3. The van der Waals surface area contributed by atoms with Gasteiger partial charge < -0.3 is 4.90 Å². The van der Waals surface area contributed by atoms with Gasteiger partial charge in [0.2, 0.25) is 0 Å². The van der Waals surface area contributed by atoms with E-state index in [2.05, 4.69) is 18.9 Å². The van der Waals surface area contributed by atoms with Crippen molar-refractivity contribution >= 4 is 0 Å². The first-order valence-electron chi connectivity index (χ1n) is 8.11. The molecule has 1 aliphatic heterocycles. The lowest BCUT2D eigenvalue weighted by molar-refractivity contribution is 0.206. The lowest BCUT2D eigenvalue weighted by Gasteiger charge is -2.28. The van der Waals surface area contributed by atoms with Gasteiger partial charge in [0, 0.05) is 6.54 Å². The molecule has 1 atom stereocenters. The van der Waals surface area contributed by atoms with Crippen LogP contribution in [0, 0.1) is 11.7 Å². The molecule has 1 heterocycles. The van der Waals surface area contributed by atoms with Crippen LogP contribution in [0.1, 0.15) is 53.9 Å². The number of benzene rings is 1. The smallest absolute Gasteiger partial charge is 0.123 e. The van der Waals surface area contributed by atoms with Crippen molar-refractivity contribution in [3.05, 3.63) is 36.1 Å². The van der Waals surface area contributed by atoms with Crippen molar-refractivity contribution in [2.45, 2.75) is 53.9 Å². The van der Waals surface area contributed by atoms with Gasteiger partial charge in [0.05, 0.1) is 0 Å². The predicted molar refractivity (Wildman–Crippen MR) is 89.6 cm³/mol. The number of hydrogen-bond donors (Lipinski definition) is 0. The maximum Gasteiger partial charge on any atom is 0.123 e. The maximum absolute atomic E-state index is 11.9. The molecule has 118 valence electrons. The summed E-state index contributed by atoms with van der Waals surface area (Å²) < 4.78 is 11.9. The Bertz CT molecular complexity index is 274. The second-order valence-corrected chi connectivity index (χ2v) is 4.47.